The Balaban J connectivity index is 1.55. The third-order valence-corrected chi connectivity index (χ3v) is 6.04. The van der Waals surface area contributed by atoms with Crippen molar-refractivity contribution < 1.29 is 8.83 Å². The van der Waals surface area contributed by atoms with E-state index in [1.54, 1.807) is 6.07 Å². The van der Waals surface area contributed by atoms with Crippen molar-refractivity contribution in [2.75, 3.05) is 0 Å². The van der Waals surface area contributed by atoms with Gasteiger partial charge in [-0.25, -0.2) is 4.79 Å². The van der Waals surface area contributed by atoms with Crippen LogP contribution >= 0.6 is 11.8 Å². The van der Waals surface area contributed by atoms with Gasteiger partial charge < -0.3 is 8.83 Å². The first-order valence-electron chi connectivity index (χ1n) is 9.10. The fourth-order valence-electron chi connectivity index (χ4n) is 3.54. The van der Waals surface area contributed by atoms with Crippen molar-refractivity contribution in [2.45, 2.75) is 62.8 Å². The second kappa shape index (κ2) is 7.27. The van der Waals surface area contributed by atoms with E-state index in [1.807, 2.05) is 13.0 Å². The maximum absolute atomic E-state index is 11.9. The smallest absolute Gasteiger partial charge is 0.336 e. The Kier molecular flexibility index (Phi) is 4.85. The number of thioether (sulfide) groups is 1. The minimum atomic E-state index is -0.329. The minimum Gasteiger partial charge on any atom is -0.423 e. The Morgan fingerprint density at radius 2 is 1.81 bits per heavy atom. The van der Waals surface area contributed by atoms with Crippen LogP contribution in [-0.2, 0) is 5.75 Å². The van der Waals surface area contributed by atoms with Crippen LogP contribution in [0.3, 0.4) is 0 Å². The summed E-state index contributed by atoms with van der Waals surface area (Å²) in [5, 5.41) is 9.96. The number of benzene rings is 1. The topological polar surface area (TPSA) is 69.1 Å². The fraction of sp³-hybridized carbons (Fsp3) is 0.450. The summed E-state index contributed by atoms with van der Waals surface area (Å²) in [5.41, 5.74) is 3.52. The Hall–Kier alpha value is -2.08. The molecule has 0 saturated heterocycles. The van der Waals surface area contributed by atoms with Gasteiger partial charge in [-0.1, -0.05) is 31.0 Å². The molecule has 0 bridgehead atoms. The maximum Gasteiger partial charge on any atom is 0.336 e. The van der Waals surface area contributed by atoms with Gasteiger partial charge in [0.05, 0.1) is 0 Å². The van der Waals surface area contributed by atoms with Crippen molar-refractivity contribution in [1.29, 1.82) is 0 Å². The molecule has 1 fully saturated rings. The zero-order valence-corrected chi connectivity index (χ0v) is 15.9. The van der Waals surface area contributed by atoms with Gasteiger partial charge >= 0.3 is 5.63 Å². The highest BCUT2D eigenvalue weighted by Crippen LogP contribution is 2.34. The molecule has 0 N–H and O–H groups in total. The van der Waals surface area contributed by atoms with Crippen LogP contribution < -0.4 is 5.63 Å². The van der Waals surface area contributed by atoms with E-state index in [0.29, 0.717) is 22.5 Å². The molecule has 1 aromatic carbocycles. The summed E-state index contributed by atoms with van der Waals surface area (Å²) in [6.45, 7) is 4.08. The molecule has 5 nitrogen and oxygen atoms in total. The Labute approximate surface area is 156 Å². The molecule has 136 valence electrons. The van der Waals surface area contributed by atoms with Crippen LogP contribution in [0.25, 0.3) is 11.0 Å². The van der Waals surface area contributed by atoms with Gasteiger partial charge in [0.25, 0.3) is 5.22 Å². The Morgan fingerprint density at radius 1 is 1.04 bits per heavy atom. The van der Waals surface area contributed by atoms with E-state index in [1.165, 1.54) is 36.6 Å². The third kappa shape index (κ3) is 3.56. The quantitative estimate of drug-likeness (QED) is 0.468. The van der Waals surface area contributed by atoms with Crippen LogP contribution in [0.1, 0.15) is 60.6 Å². The van der Waals surface area contributed by atoms with Crippen LogP contribution in [0, 0.1) is 13.8 Å². The largest absolute Gasteiger partial charge is 0.423 e. The lowest BCUT2D eigenvalue weighted by atomic mass is 9.89. The van der Waals surface area contributed by atoms with Gasteiger partial charge in [0.15, 0.2) is 0 Å². The summed E-state index contributed by atoms with van der Waals surface area (Å²) in [7, 11) is 0. The van der Waals surface area contributed by atoms with Crippen molar-refractivity contribution in [3.8, 4) is 0 Å². The lowest BCUT2D eigenvalue weighted by Gasteiger charge is -2.17. The SMILES string of the molecule is Cc1cc2oc(=O)cc(CSc3nnc(C4CCCCC4)o3)c2cc1C. The third-order valence-electron chi connectivity index (χ3n) is 5.17. The molecule has 2 aromatic heterocycles. The summed E-state index contributed by atoms with van der Waals surface area (Å²) in [6, 6.07) is 5.56. The van der Waals surface area contributed by atoms with E-state index in [4.69, 9.17) is 8.83 Å². The minimum absolute atomic E-state index is 0.329. The van der Waals surface area contributed by atoms with Gasteiger partial charge in [-0.05, 0) is 55.5 Å². The fourth-order valence-corrected chi connectivity index (χ4v) is 4.30. The highest BCUT2D eigenvalue weighted by atomic mass is 32.2. The lowest BCUT2D eigenvalue weighted by Crippen LogP contribution is -2.04. The number of aromatic nitrogens is 2. The number of aryl methyl sites for hydroxylation is 2. The molecule has 0 aliphatic heterocycles. The molecule has 1 aliphatic rings. The summed E-state index contributed by atoms with van der Waals surface area (Å²) in [6.07, 6.45) is 6.04. The summed E-state index contributed by atoms with van der Waals surface area (Å²) in [4.78, 5) is 11.9. The van der Waals surface area contributed by atoms with Gasteiger partial charge in [-0.2, -0.15) is 0 Å². The van der Waals surface area contributed by atoms with E-state index in [0.717, 1.165) is 35.2 Å². The van der Waals surface area contributed by atoms with E-state index < -0.39 is 0 Å². The number of hydrogen-bond donors (Lipinski definition) is 0. The Morgan fingerprint density at radius 3 is 2.62 bits per heavy atom. The van der Waals surface area contributed by atoms with Crippen LogP contribution in [0.2, 0.25) is 0 Å². The van der Waals surface area contributed by atoms with E-state index in [2.05, 4.69) is 23.2 Å². The monoisotopic (exact) mass is 370 g/mol. The first kappa shape index (κ1) is 17.3. The van der Waals surface area contributed by atoms with Gasteiger partial charge in [0.2, 0.25) is 5.89 Å². The van der Waals surface area contributed by atoms with Crippen molar-refractivity contribution in [3.63, 3.8) is 0 Å². The predicted molar refractivity (Wildman–Crippen MR) is 102 cm³/mol. The summed E-state index contributed by atoms with van der Waals surface area (Å²) >= 11 is 1.47. The number of rotatable bonds is 4. The number of nitrogens with zero attached hydrogens (tertiary/aromatic N) is 2. The molecule has 1 aliphatic carbocycles. The first-order chi connectivity index (χ1) is 12.6. The molecule has 0 amide bonds. The summed E-state index contributed by atoms with van der Waals surface area (Å²) < 4.78 is 11.2. The molecule has 3 aromatic rings. The van der Waals surface area contributed by atoms with Crippen molar-refractivity contribution in [3.05, 3.63) is 51.2 Å². The molecule has 0 atom stereocenters. The molecule has 1 saturated carbocycles. The molecular weight excluding hydrogens is 348 g/mol. The van der Waals surface area contributed by atoms with Crippen LogP contribution in [0.5, 0.6) is 0 Å². The maximum atomic E-state index is 11.9. The second-order valence-electron chi connectivity index (χ2n) is 7.05. The lowest BCUT2D eigenvalue weighted by molar-refractivity contribution is 0.334. The standard InChI is InChI=1S/C20H22N2O3S/c1-12-8-16-15(10-18(23)24-17(16)9-13(12)2)11-26-20-22-21-19(25-20)14-6-4-3-5-7-14/h8-10,14H,3-7,11H2,1-2H3. The molecule has 4 rings (SSSR count). The van der Waals surface area contributed by atoms with Gasteiger partial charge in [0, 0.05) is 23.1 Å². The molecular formula is C20H22N2O3S. The van der Waals surface area contributed by atoms with Gasteiger partial charge in [0.1, 0.15) is 5.58 Å². The molecule has 6 heteroatoms. The molecule has 0 radical (unpaired) electrons. The number of fused-ring (bicyclic) bond motifs is 1. The molecule has 0 spiro atoms. The Bertz CT molecular complexity index is 986. The van der Waals surface area contributed by atoms with Gasteiger partial charge in [-0.3, -0.25) is 0 Å². The van der Waals surface area contributed by atoms with Gasteiger partial charge in [-0.15, -0.1) is 10.2 Å². The average molecular weight is 370 g/mol. The van der Waals surface area contributed by atoms with E-state index >= 15 is 0 Å². The normalized spacial score (nSPS) is 15.6. The molecule has 2 heterocycles. The van der Waals surface area contributed by atoms with E-state index in [9.17, 15) is 4.79 Å². The zero-order valence-electron chi connectivity index (χ0n) is 15.1. The zero-order chi connectivity index (χ0) is 18.1. The predicted octanol–water partition coefficient (Wildman–Crippen LogP) is 5.13. The average Bonchev–Trinajstić information content (AvgIpc) is 3.11. The van der Waals surface area contributed by atoms with Crippen molar-refractivity contribution >= 4 is 22.7 Å². The van der Waals surface area contributed by atoms with Crippen LogP contribution in [0.15, 0.2) is 37.1 Å². The van der Waals surface area contributed by atoms with Crippen molar-refractivity contribution in [2.24, 2.45) is 0 Å². The van der Waals surface area contributed by atoms with Crippen LogP contribution in [0.4, 0.5) is 0 Å². The first-order valence-corrected chi connectivity index (χ1v) is 10.1. The van der Waals surface area contributed by atoms with Crippen molar-refractivity contribution in [1.82, 2.24) is 10.2 Å². The highest BCUT2D eigenvalue weighted by molar-refractivity contribution is 7.98. The molecule has 26 heavy (non-hydrogen) atoms. The summed E-state index contributed by atoms with van der Waals surface area (Å²) in [5.74, 6) is 1.76. The van der Waals surface area contributed by atoms with E-state index in [-0.39, 0.29) is 5.63 Å². The second-order valence-corrected chi connectivity index (χ2v) is 7.98. The molecule has 0 unspecified atom stereocenters. The van der Waals surface area contributed by atoms with Crippen LogP contribution in [-0.4, -0.2) is 10.2 Å². The highest BCUT2D eigenvalue weighted by Gasteiger charge is 2.21. The number of hydrogen-bond acceptors (Lipinski definition) is 6.